The molecule has 7 nitrogen and oxygen atoms in total. The van der Waals surface area contributed by atoms with Crippen LogP contribution in [-0.2, 0) is 10.0 Å². The molecule has 0 atom stereocenters. The lowest BCUT2D eigenvalue weighted by Gasteiger charge is -2.23. The van der Waals surface area contributed by atoms with Crippen molar-refractivity contribution in [2.75, 3.05) is 5.01 Å². The predicted molar refractivity (Wildman–Crippen MR) is 88.9 cm³/mol. The van der Waals surface area contributed by atoms with Gasteiger partial charge in [0.1, 0.15) is 0 Å². The Hall–Kier alpha value is -2.01. The molecule has 1 heterocycles. The third kappa shape index (κ3) is 3.80. The number of sulfonamides is 1. The average molecular weight is 356 g/mol. The van der Waals surface area contributed by atoms with Gasteiger partial charge in [0.15, 0.2) is 5.11 Å². The van der Waals surface area contributed by atoms with Gasteiger partial charge in [-0.25, -0.2) is 18.6 Å². The van der Waals surface area contributed by atoms with E-state index >= 15 is 0 Å². The molecule has 1 aromatic carbocycles. The Bertz CT molecular complexity index is 786. The number of amides is 1. The van der Waals surface area contributed by atoms with E-state index in [1.54, 1.807) is 17.5 Å². The third-order valence-electron chi connectivity index (χ3n) is 2.60. The standard InChI is InChI=1S/C12H12N4O3S3/c13-12(20)16(15-11(17)10-2-1-7-21-10)8-3-5-9(6-4-8)22(14,18)19/h1-7H,(H2,13,20)(H,15,17)(H2,14,18,19). The first-order valence-electron chi connectivity index (χ1n) is 5.86. The van der Waals surface area contributed by atoms with Gasteiger partial charge in [0, 0.05) is 0 Å². The first-order valence-corrected chi connectivity index (χ1v) is 8.69. The van der Waals surface area contributed by atoms with Gasteiger partial charge in [0.2, 0.25) is 10.0 Å². The molecule has 0 aliphatic heterocycles. The number of benzene rings is 1. The Morgan fingerprint density at radius 1 is 1.23 bits per heavy atom. The summed E-state index contributed by atoms with van der Waals surface area (Å²) in [6, 6.07) is 8.87. The molecule has 1 aromatic heterocycles. The Labute approximate surface area is 136 Å². The van der Waals surface area contributed by atoms with Crippen LogP contribution >= 0.6 is 23.6 Å². The number of primary sulfonamides is 1. The largest absolute Gasteiger partial charge is 0.374 e. The van der Waals surface area contributed by atoms with E-state index in [0.717, 1.165) is 0 Å². The van der Waals surface area contributed by atoms with E-state index in [-0.39, 0.29) is 15.9 Å². The first-order chi connectivity index (χ1) is 10.3. The quantitative estimate of drug-likeness (QED) is 0.553. The molecular weight excluding hydrogens is 344 g/mol. The number of rotatable bonds is 3. The number of thiocarbonyl (C=S) groups is 1. The average Bonchev–Trinajstić information content (AvgIpc) is 2.97. The number of nitrogens with one attached hydrogen (secondary N) is 1. The van der Waals surface area contributed by atoms with Crippen LogP contribution in [0.5, 0.6) is 0 Å². The van der Waals surface area contributed by atoms with E-state index in [1.165, 1.54) is 40.6 Å². The highest BCUT2D eigenvalue weighted by Gasteiger charge is 2.16. The molecule has 0 unspecified atom stereocenters. The van der Waals surface area contributed by atoms with Crippen LogP contribution in [0.1, 0.15) is 9.67 Å². The van der Waals surface area contributed by atoms with Gasteiger partial charge in [0.05, 0.1) is 15.5 Å². The number of hydrogen-bond donors (Lipinski definition) is 3. The zero-order valence-corrected chi connectivity index (χ0v) is 13.5. The van der Waals surface area contributed by atoms with Crippen LogP contribution in [0.15, 0.2) is 46.7 Å². The minimum absolute atomic E-state index is 0.0521. The van der Waals surface area contributed by atoms with Gasteiger partial charge in [0.25, 0.3) is 5.91 Å². The van der Waals surface area contributed by atoms with Crippen molar-refractivity contribution in [2.45, 2.75) is 4.90 Å². The molecule has 0 aliphatic carbocycles. The predicted octanol–water partition coefficient (Wildman–Crippen LogP) is 0.790. The molecule has 0 saturated heterocycles. The number of thiophene rings is 1. The number of hydrazine groups is 1. The van der Waals surface area contributed by atoms with Gasteiger partial charge >= 0.3 is 0 Å². The van der Waals surface area contributed by atoms with Crippen LogP contribution in [0.25, 0.3) is 0 Å². The SMILES string of the molecule is NC(=S)N(NC(=O)c1cccs1)c1ccc(S(N)(=O)=O)cc1. The molecule has 10 heteroatoms. The molecule has 1 amide bonds. The zero-order valence-electron chi connectivity index (χ0n) is 11.1. The van der Waals surface area contributed by atoms with Gasteiger partial charge in [-0.15, -0.1) is 11.3 Å². The highest BCUT2D eigenvalue weighted by molar-refractivity contribution is 7.89. The fourth-order valence-electron chi connectivity index (χ4n) is 1.60. The van der Waals surface area contributed by atoms with Crippen LogP contribution in [0.4, 0.5) is 5.69 Å². The molecule has 116 valence electrons. The van der Waals surface area contributed by atoms with E-state index in [2.05, 4.69) is 5.43 Å². The van der Waals surface area contributed by atoms with Crippen LogP contribution < -0.4 is 21.3 Å². The van der Waals surface area contributed by atoms with Gasteiger partial charge in [-0.05, 0) is 47.9 Å². The number of hydrogen-bond acceptors (Lipinski definition) is 5. The zero-order chi connectivity index (χ0) is 16.3. The number of carbonyl (C=O) groups is 1. The highest BCUT2D eigenvalue weighted by Crippen LogP contribution is 2.17. The molecule has 22 heavy (non-hydrogen) atoms. The van der Waals surface area contributed by atoms with E-state index in [9.17, 15) is 13.2 Å². The maximum atomic E-state index is 12.0. The van der Waals surface area contributed by atoms with Crippen molar-refractivity contribution in [2.24, 2.45) is 10.9 Å². The van der Waals surface area contributed by atoms with Crippen LogP contribution in [0.2, 0.25) is 0 Å². The van der Waals surface area contributed by atoms with Crippen LogP contribution in [0, 0.1) is 0 Å². The van der Waals surface area contributed by atoms with Crippen molar-refractivity contribution in [1.82, 2.24) is 5.43 Å². The summed E-state index contributed by atoms with van der Waals surface area (Å²) in [5, 5.41) is 7.89. The summed E-state index contributed by atoms with van der Waals surface area (Å²) in [5.74, 6) is -0.377. The normalized spacial score (nSPS) is 11.0. The van der Waals surface area contributed by atoms with Crippen molar-refractivity contribution in [3.05, 3.63) is 46.7 Å². The van der Waals surface area contributed by atoms with Gasteiger partial charge in [-0.3, -0.25) is 10.2 Å². The van der Waals surface area contributed by atoms with Crippen molar-refractivity contribution < 1.29 is 13.2 Å². The molecule has 0 spiro atoms. The minimum Gasteiger partial charge on any atom is -0.374 e. The Kier molecular flexibility index (Phi) is 4.76. The fraction of sp³-hybridized carbons (Fsp3) is 0. The summed E-state index contributed by atoms with van der Waals surface area (Å²) in [5.41, 5.74) is 8.56. The first kappa shape index (κ1) is 16.4. The number of anilines is 1. The van der Waals surface area contributed by atoms with E-state index in [4.69, 9.17) is 23.1 Å². The molecule has 2 rings (SSSR count). The number of nitrogens with zero attached hydrogens (tertiary/aromatic N) is 1. The van der Waals surface area contributed by atoms with Gasteiger partial charge in [-0.2, -0.15) is 0 Å². The second kappa shape index (κ2) is 6.40. The van der Waals surface area contributed by atoms with E-state index in [0.29, 0.717) is 10.6 Å². The lowest BCUT2D eigenvalue weighted by Crippen LogP contribution is -2.48. The van der Waals surface area contributed by atoms with Gasteiger partial charge < -0.3 is 5.73 Å². The van der Waals surface area contributed by atoms with Crippen molar-refractivity contribution in [1.29, 1.82) is 0 Å². The Balaban J connectivity index is 2.25. The minimum atomic E-state index is -3.79. The van der Waals surface area contributed by atoms with Crippen molar-refractivity contribution >= 4 is 50.3 Å². The Morgan fingerprint density at radius 2 is 1.86 bits per heavy atom. The van der Waals surface area contributed by atoms with Crippen molar-refractivity contribution in [3.8, 4) is 0 Å². The fourth-order valence-corrected chi connectivity index (χ4v) is 2.88. The topological polar surface area (TPSA) is 119 Å². The molecule has 0 bridgehead atoms. The smallest absolute Gasteiger partial charge is 0.280 e. The van der Waals surface area contributed by atoms with E-state index in [1.807, 2.05) is 0 Å². The number of carbonyl (C=O) groups excluding carboxylic acids is 1. The van der Waals surface area contributed by atoms with Crippen molar-refractivity contribution in [3.63, 3.8) is 0 Å². The molecular formula is C12H12N4O3S3. The molecule has 2 aromatic rings. The molecule has 0 radical (unpaired) electrons. The maximum absolute atomic E-state index is 12.0. The van der Waals surface area contributed by atoms with Crippen LogP contribution in [-0.4, -0.2) is 19.4 Å². The summed E-state index contributed by atoms with van der Waals surface area (Å²) < 4.78 is 22.5. The summed E-state index contributed by atoms with van der Waals surface area (Å²) in [6.45, 7) is 0. The monoisotopic (exact) mass is 356 g/mol. The third-order valence-corrected chi connectivity index (χ3v) is 4.58. The molecule has 0 saturated carbocycles. The summed E-state index contributed by atoms with van der Waals surface area (Å²) >= 11 is 6.17. The second-order valence-electron chi connectivity index (χ2n) is 4.13. The maximum Gasteiger partial charge on any atom is 0.280 e. The Morgan fingerprint density at radius 3 is 2.32 bits per heavy atom. The molecule has 0 aliphatic rings. The van der Waals surface area contributed by atoms with E-state index < -0.39 is 10.0 Å². The summed E-state index contributed by atoms with van der Waals surface area (Å²) in [4.78, 5) is 12.5. The summed E-state index contributed by atoms with van der Waals surface area (Å²) in [7, 11) is -3.79. The van der Waals surface area contributed by atoms with Crippen LogP contribution in [0.3, 0.4) is 0 Å². The number of nitrogens with two attached hydrogens (primary N) is 2. The summed E-state index contributed by atoms with van der Waals surface area (Å²) in [6.07, 6.45) is 0. The highest BCUT2D eigenvalue weighted by atomic mass is 32.2. The molecule has 5 N–H and O–H groups in total. The van der Waals surface area contributed by atoms with Gasteiger partial charge in [-0.1, -0.05) is 6.07 Å². The lowest BCUT2D eigenvalue weighted by molar-refractivity contribution is 0.0959. The second-order valence-corrected chi connectivity index (χ2v) is 7.06. The lowest BCUT2D eigenvalue weighted by atomic mass is 10.3. The molecule has 0 fully saturated rings.